The Kier molecular flexibility index (Phi) is 5.40. The van der Waals surface area contributed by atoms with E-state index in [2.05, 4.69) is 5.32 Å². The predicted molar refractivity (Wildman–Crippen MR) is 68.4 cm³/mol. The minimum absolute atomic E-state index is 0.0251. The van der Waals surface area contributed by atoms with Crippen LogP contribution >= 0.6 is 0 Å². The third-order valence-corrected chi connectivity index (χ3v) is 3.45. The topological polar surface area (TPSA) is 72.9 Å². The summed E-state index contributed by atoms with van der Waals surface area (Å²) in [6.45, 7) is 4.29. The highest BCUT2D eigenvalue weighted by Crippen LogP contribution is 2.23. The number of urea groups is 1. The fourth-order valence-electron chi connectivity index (χ4n) is 2.27. The highest BCUT2D eigenvalue weighted by molar-refractivity contribution is 5.77. The average molecular weight is 257 g/mol. The van der Waals surface area contributed by atoms with E-state index < -0.39 is 11.9 Å². The van der Waals surface area contributed by atoms with Gasteiger partial charge in [0.1, 0.15) is 0 Å². The van der Waals surface area contributed by atoms with Crippen LogP contribution in [-0.2, 0) is 4.79 Å². The summed E-state index contributed by atoms with van der Waals surface area (Å²) in [5, 5.41) is 12.1. The van der Waals surface area contributed by atoms with Gasteiger partial charge in [-0.15, -0.1) is 0 Å². The first-order chi connectivity index (χ1) is 8.47. The zero-order valence-electron chi connectivity index (χ0n) is 11.3. The van der Waals surface area contributed by atoms with Gasteiger partial charge in [0.15, 0.2) is 0 Å². The van der Waals surface area contributed by atoms with Gasteiger partial charge in [0.25, 0.3) is 0 Å². The lowest BCUT2D eigenvalue weighted by atomic mass is 9.99. The number of carboxylic acids is 1. The molecule has 1 aliphatic heterocycles. The van der Waals surface area contributed by atoms with E-state index in [4.69, 9.17) is 5.11 Å². The molecule has 1 aliphatic rings. The Morgan fingerprint density at radius 1 is 1.44 bits per heavy atom. The molecule has 104 valence electrons. The Balaban J connectivity index is 2.45. The average Bonchev–Trinajstić information content (AvgIpc) is 2.70. The van der Waals surface area contributed by atoms with Gasteiger partial charge in [0.05, 0.1) is 5.92 Å². The second-order valence-corrected chi connectivity index (χ2v) is 4.99. The van der Waals surface area contributed by atoms with E-state index in [1.165, 1.54) is 0 Å². The summed E-state index contributed by atoms with van der Waals surface area (Å²) in [4.78, 5) is 26.4. The summed E-state index contributed by atoms with van der Waals surface area (Å²) < 4.78 is 0. The van der Waals surface area contributed by atoms with Crippen molar-refractivity contribution in [1.82, 2.24) is 15.1 Å². The highest BCUT2D eigenvalue weighted by Gasteiger charge is 2.37. The van der Waals surface area contributed by atoms with Crippen molar-refractivity contribution in [3.8, 4) is 0 Å². The number of carbonyl (C=O) groups excluding carboxylic acids is 1. The van der Waals surface area contributed by atoms with Crippen LogP contribution < -0.4 is 5.32 Å². The van der Waals surface area contributed by atoms with E-state index in [-0.39, 0.29) is 11.9 Å². The molecule has 0 aliphatic carbocycles. The Labute approximate surface area is 108 Å². The summed E-state index contributed by atoms with van der Waals surface area (Å²) in [6, 6.07) is -0.0679. The largest absolute Gasteiger partial charge is 0.481 e. The van der Waals surface area contributed by atoms with Crippen LogP contribution in [0.1, 0.15) is 13.3 Å². The molecule has 2 atom stereocenters. The van der Waals surface area contributed by atoms with E-state index in [1.807, 2.05) is 14.0 Å². The van der Waals surface area contributed by atoms with Crippen LogP contribution in [0.15, 0.2) is 0 Å². The maximum atomic E-state index is 12.1. The van der Waals surface area contributed by atoms with Crippen molar-refractivity contribution in [2.24, 2.45) is 11.8 Å². The van der Waals surface area contributed by atoms with Gasteiger partial charge in [-0.05, 0) is 25.9 Å². The molecular weight excluding hydrogens is 234 g/mol. The monoisotopic (exact) mass is 257 g/mol. The molecule has 0 unspecified atom stereocenters. The van der Waals surface area contributed by atoms with Gasteiger partial charge < -0.3 is 20.2 Å². The Hall–Kier alpha value is -1.30. The van der Waals surface area contributed by atoms with Gasteiger partial charge in [-0.1, -0.05) is 6.92 Å². The summed E-state index contributed by atoms with van der Waals surface area (Å²) in [5.41, 5.74) is 0. The summed E-state index contributed by atoms with van der Waals surface area (Å²) in [5.74, 6) is -1.22. The second-order valence-electron chi connectivity index (χ2n) is 4.99. The Morgan fingerprint density at radius 2 is 2.11 bits per heavy atom. The molecule has 0 bridgehead atoms. The minimum Gasteiger partial charge on any atom is -0.481 e. The molecule has 0 spiro atoms. The van der Waals surface area contributed by atoms with Crippen molar-refractivity contribution in [3.05, 3.63) is 0 Å². The van der Waals surface area contributed by atoms with Gasteiger partial charge in [-0.25, -0.2) is 4.79 Å². The lowest BCUT2D eigenvalue weighted by molar-refractivity contribution is -0.142. The molecule has 1 heterocycles. The number of amides is 2. The molecule has 0 radical (unpaired) electrons. The van der Waals surface area contributed by atoms with E-state index in [1.54, 1.807) is 16.8 Å². The van der Waals surface area contributed by atoms with E-state index in [0.717, 1.165) is 13.0 Å². The van der Waals surface area contributed by atoms with Gasteiger partial charge in [-0.3, -0.25) is 4.79 Å². The predicted octanol–water partition coefficient (Wildman–Crippen LogP) is 0.300. The second kappa shape index (κ2) is 6.58. The van der Waals surface area contributed by atoms with Gasteiger partial charge in [0, 0.05) is 26.7 Å². The molecule has 0 aromatic heterocycles. The number of rotatable bonds is 5. The number of carboxylic acid groups (broad SMARTS) is 1. The lowest BCUT2D eigenvalue weighted by Gasteiger charge is -2.24. The molecule has 18 heavy (non-hydrogen) atoms. The van der Waals surface area contributed by atoms with Crippen LogP contribution in [0.2, 0.25) is 0 Å². The molecule has 2 N–H and O–H groups in total. The molecule has 1 fully saturated rings. The zero-order valence-corrected chi connectivity index (χ0v) is 11.3. The van der Waals surface area contributed by atoms with E-state index in [0.29, 0.717) is 19.6 Å². The maximum absolute atomic E-state index is 12.1. The molecule has 0 aromatic carbocycles. The van der Waals surface area contributed by atoms with Crippen molar-refractivity contribution < 1.29 is 14.7 Å². The van der Waals surface area contributed by atoms with Crippen molar-refractivity contribution in [3.63, 3.8) is 0 Å². The van der Waals surface area contributed by atoms with Crippen LogP contribution in [0.3, 0.4) is 0 Å². The maximum Gasteiger partial charge on any atom is 0.319 e. The Bertz CT molecular complexity index is 309. The molecular formula is C12H23N3O3. The fraction of sp³-hybridized carbons (Fsp3) is 0.833. The number of nitrogens with zero attached hydrogens (tertiary/aromatic N) is 2. The van der Waals surface area contributed by atoms with Gasteiger partial charge in [0.2, 0.25) is 0 Å². The summed E-state index contributed by atoms with van der Waals surface area (Å²) in [6.07, 6.45) is 0.893. The van der Waals surface area contributed by atoms with Crippen LogP contribution in [0.25, 0.3) is 0 Å². The lowest BCUT2D eigenvalue weighted by Crippen LogP contribution is -2.41. The number of nitrogens with one attached hydrogen (secondary N) is 1. The van der Waals surface area contributed by atoms with Gasteiger partial charge >= 0.3 is 12.0 Å². The molecule has 6 heteroatoms. The number of likely N-dealkylation sites (tertiary alicyclic amines) is 1. The van der Waals surface area contributed by atoms with Crippen molar-refractivity contribution in [1.29, 1.82) is 0 Å². The standard InChI is InChI=1S/C12H23N3O3/c1-9-7-15(8-10(9)11(16)17)12(18)14(3)6-4-5-13-2/h9-10,13H,4-8H2,1-3H3,(H,16,17)/t9-,10-/m1/s1. The van der Waals surface area contributed by atoms with Crippen LogP contribution in [0.5, 0.6) is 0 Å². The van der Waals surface area contributed by atoms with Crippen LogP contribution in [0.4, 0.5) is 4.79 Å². The van der Waals surface area contributed by atoms with E-state index >= 15 is 0 Å². The first-order valence-electron chi connectivity index (χ1n) is 6.34. The summed E-state index contributed by atoms with van der Waals surface area (Å²) >= 11 is 0. The highest BCUT2D eigenvalue weighted by atomic mass is 16.4. The molecule has 0 saturated carbocycles. The van der Waals surface area contributed by atoms with Crippen molar-refractivity contribution in [2.45, 2.75) is 13.3 Å². The van der Waals surface area contributed by atoms with Gasteiger partial charge in [-0.2, -0.15) is 0 Å². The smallest absolute Gasteiger partial charge is 0.319 e. The van der Waals surface area contributed by atoms with Crippen LogP contribution in [0, 0.1) is 11.8 Å². The summed E-state index contributed by atoms with van der Waals surface area (Å²) in [7, 11) is 3.64. The molecule has 2 amide bonds. The third kappa shape index (κ3) is 3.60. The van der Waals surface area contributed by atoms with Crippen LogP contribution in [-0.4, -0.2) is 67.2 Å². The normalized spacial score (nSPS) is 23.2. The fourth-order valence-corrected chi connectivity index (χ4v) is 2.27. The molecule has 1 saturated heterocycles. The number of hydrogen-bond donors (Lipinski definition) is 2. The van der Waals surface area contributed by atoms with Crippen molar-refractivity contribution in [2.75, 3.05) is 40.3 Å². The first-order valence-corrected chi connectivity index (χ1v) is 6.34. The van der Waals surface area contributed by atoms with Crippen molar-refractivity contribution >= 4 is 12.0 Å². The third-order valence-electron chi connectivity index (χ3n) is 3.45. The SMILES string of the molecule is CNCCCN(C)C(=O)N1C[C@@H](C)[C@H](C(=O)O)C1. The first kappa shape index (κ1) is 14.8. The number of carbonyl (C=O) groups is 2. The number of hydrogen-bond acceptors (Lipinski definition) is 3. The quantitative estimate of drug-likeness (QED) is 0.695. The molecule has 0 aromatic rings. The minimum atomic E-state index is -0.810. The van der Waals surface area contributed by atoms with E-state index in [9.17, 15) is 9.59 Å². The molecule has 1 rings (SSSR count). The molecule has 6 nitrogen and oxygen atoms in total. The Morgan fingerprint density at radius 3 is 2.61 bits per heavy atom. The zero-order chi connectivity index (χ0) is 13.7. The number of aliphatic carboxylic acids is 1.